The smallest absolute Gasteiger partial charge is 0.261 e. The molecule has 25 heavy (non-hydrogen) atoms. The van der Waals surface area contributed by atoms with Crippen molar-refractivity contribution in [1.29, 1.82) is 0 Å². The number of hydrogen-bond acceptors (Lipinski definition) is 5. The summed E-state index contributed by atoms with van der Waals surface area (Å²) in [7, 11) is -3.70. The molecule has 1 N–H and O–H groups in total. The number of tetrazole rings is 1. The van der Waals surface area contributed by atoms with E-state index in [1.807, 2.05) is 6.07 Å². The van der Waals surface area contributed by atoms with Gasteiger partial charge in [-0.3, -0.25) is 4.72 Å². The summed E-state index contributed by atoms with van der Waals surface area (Å²) in [5.74, 6) is 0.634. The average molecular weight is 376 g/mol. The second-order valence-corrected chi connectivity index (χ2v) is 7.94. The molecule has 9 heteroatoms. The molecule has 0 spiro atoms. The highest BCUT2D eigenvalue weighted by molar-refractivity contribution is 7.92. The molecule has 0 atom stereocenters. The molecule has 0 bridgehead atoms. The van der Waals surface area contributed by atoms with Crippen molar-refractivity contribution in [3.05, 3.63) is 53.6 Å². The number of hydrogen-bond donors (Lipinski definition) is 1. The lowest BCUT2D eigenvalue weighted by Gasteiger charge is -2.10. The van der Waals surface area contributed by atoms with Gasteiger partial charge < -0.3 is 0 Å². The van der Waals surface area contributed by atoms with Crippen LogP contribution < -0.4 is 4.72 Å². The second kappa shape index (κ2) is 6.12. The van der Waals surface area contributed by atoms with Crippen LogP contribution in [0.2, 0.25) is 5.02 Å². The lowest BCUT2D eigenvalue weighted by Crippen LogP contribution is -2.12. The molecule has 0 saturated heterocycles. The minimum atomic E-state index is -3.70. The number of rotatable bonds is 5. The van der Waals surface area contributed by atoms with E-state index in [9.17, 15) is 8.42 Å². The molecule has 1 fully saturated rings. The van der Waals surface area contributed by atoms with Gasteiger partial charge in [0.2, 0.25) is 0 Å². The molecule has 128 valence electrons. The summed E-state index contributed by atoms with van der Waals surface area (Å²) in [6.45, 7) is 0. The normalized spacial score (nSPS) is 14.4. The van der Waals surface area contributed by atoms with E-state index < -0.39 is 10.0 Å². The maximum Gasteiger partial charge on any atom is 0.261 e. The van der Waals surface area contributed by atoms with Crippen LogP contribution in [-0.2, 0) is 10.0 Å². The van der Waals surface area contributed by atoms with Crippen molar-refractivity contribution in [3.8, 4) is 11.4 Å². The minimum Gasteiger partial charge on any atom is -0.280 e. The lowest BCUT2D eigenvalue weighted by molar-refractivity contribution is 0.601. The third-order valence-electron chi connectivity index (χ3n) is 3.88. The largest absolute Gasteiger partial charge is 0.280 e. The second-order valence-electron chi connectivity index (χ2n) is 5.82. The van der Waals surface area contributed by atoms with Gasteiger partial charge in [-0.1, -0.05) is 23.7 Å². The van der Waals surface area contributed by atoms with Crippen LogP contribution in [0.3, 0.4) is 0 Å². The van der Waals surface area contributed by atoms with Gasteiger partial charge in [-0.25, -0.2) is 13.1 Å². The summed E-state index contributed by atoms with van der Waals surface area (Å²) in [6.07, 6.45) is 2.11. The zero-order valence-corrected chi connectivity index (χ0v) is 14.6. The van der Waals surface area contributed by atoms with Crippen molar-refractivity contribution < 1.29 is 8.42 Å². The number of nitrogens with one attached hydrogen (secondary N) is 1. The molecule has 2 aromatic carbocycles. The molecule has 1 aromatic heterocycles. The number of nitrogens with zero attached hydrogens (tertiary/aromatic N) is 4. The van der Waals surface area contributed by atoms with Gasteiger partial charge in [0.15, 0.2) is 5.82 Å². The molecule has 1 aliphatic rings. The van der Waals surface area contributed by atoms with Gasteiger partial charge in [0.1, 0.15) is 0 Å². The molecule has 1 saturated carbocycles. The number of anilines is 1. The molecule has 7 nitrogen and oxygen atoms in total. The summed E-state index contributed by atoms with van der Waals surface area (Å²) in [5.41, 5.74) is 1.20. The van der Waals surface area contributed by atoms with E-state index in [1.54, 1.807) is 22.9 Å². The fraction of sp³-hybridized carbons (Fsp3) is 0.188. The molecule has 0 unspecified atom stereocenters. The Morgan fingerprint density at radius 2 is 1.88 bits per heavy atom. The Hall–Kier alpha value is -2.45. The summed E-state index contributed by atoms with van der Waals surface area (Å²) < 4.78 is 29.3. The Morgan fingerprint density at radius 1 is 1.12 bits per heavy atom. The Kier molecular flexibility index (Phi) is 3.93. The summed E-state index contributed by atoms with van der Waals surface area (Å²) >= 11 is 5.81. The van der Waals surface area contributed by atoms with Crippen LogP contribution >= 0.6 is 11.6 Å². The predicted molar refractivity (Wildman–Crippen MR) is 93.8 cm³/mol. The van der Waals surface area contributed by atoms with Crippen LogP contribution in [0.15, 0.2) is 53.4 Å². The Morgan fingerprint density at radius 3 is 2.60 bits per heavy atom. The van der Waals surface area contributed by atoms with Gasteiger partial charge in [0.05, 0.1) is 10.9 Å². The number of halogens is 1. The van der Waals surface area contributed by atoms with Crippen LogP contribution in [-0.4, -0.2) is 28.6 Å². The third kappa shape index (κ3) is 3.35. The molecule has 1 heterocycles. The maximum atomic E-state index is 12.5. The monoisotopic (exact) mass is 375 g/mol. The van der Waals surface area contributed by atoms with Crippen molar-refractivity contribution in [2.75, 3.05) is 4.72 Å². The van der Waals surface area contributed by atoms with Gasteiger partial charge in [-0.15, -0.1) is 5.10 Å². The maximum absolute atomic E-state index is 12.5. The molecule has 0 amide bonds. The van der Waals surface area contributed by atoms with E-state index in [1.165, 1.54) is 24.3 Å². The standard InChI is InChI=1S/C16H14ClN5O2S/c17-12-4-8-15(9-5-12)25(23,24)19-13-3-1-2-11(10-13)16-18-20-21-22(16)14-6-7-14/h1-5,8-10,14,19H,6-7H2. The summed E-state index contributed by atoms with van der Waals surface area (Å²) in [5, 5.41) is 12.3. The van der Waals surface area contributed by atoms with Gasteiger partial charge in [0.25, 0.3) is 10.0 Å². The quantitative estimate of drug-likeness (QED) is 0.739. The first-order chi connectivity index (χ1) is 12.0. The van der Waals surface area contributed by atoms with Gasteiger partial charge in [0, 0.05) is 16.3 Å². The average Bonchev–Trinajstić information content (AvgIpc) is 3.32. The zero-order chi connectivity index (χ0) is 17.4. The van der Waals surface area contributed by atoms with Gasteiger partial charge >= 0.3 is 0 Å². The molecule has 0 radical (unpaired) electrons. The predicted octanol–water partition coefficient (Wildman–Crippen LogP) is 3.13. The minimum absolute atomic E-state index is 0.144. The van der Waals surface area contributed by atoms with Gasteiger partial charge in [-0.2, -0.15) is 0 Å². The summed E-state index contributed by atoms with van der Waals surface area (Å²) in [6, 6.07) is 13.3. The van der Waals surface area contributed by atoms with E-state index in [2.05, 4.69) is 20.2 Å². The van der Waals surface area contributed by atoms with Crippen LogP contribution in [0.5, 0.6) is 0 Å². The molecule has 0 aliphatic heterocycles. The van der Waals surface area contributed by atoms with Crippen LogP contribution in [0.4, 0.5) is 5.69 Å². The summed E-state index contributed by atoms with van der Waals surface area (Å²) in [4.78, 5) is 0.144. The fourth-order valence-electron chi connectivity index (χ4n) is 2.50. The first kappa shape index (κ1) is 16.0. The lowest BCUT2D eigenvalue weighted by atomic mass is 10.2. The first-order valence-corrected chi connectivity index (χ1v) is 9.56. The van der Waals surface area contributed by atoms with Crippen molar-refractivity contribution >= 4 is 27.3 Å². The van der Waals surface area contributed by atoms with E-state index >= 15 is 0 Å². The molecule has 4 rings (SSSR count). The van der Waals surface area contributed by atoms with Crippen LogP contribution in [0, 0.1) is 0 Å². The van der Waals surface area contributed by atoms with E-state index in [0.29, 0.717) is 22.6 Å². The van der Waals surface area contributed by atoms with Crippen molar-refractivity contribution in [3.63, 3.8) is 0 Å². The third-order valence-corrected chi connectivity index (χ3v) is 5.53. The highest BCUT2D eigenvalue weighted by Gasteiger charge is 2.28. The van der Waals surface area contributed by atoms with Crippen LogP contribution in [0.25, 0.3) is 11.4 Å². The molecule has 3 aromatic rings. The van der Waals surface area contributed by atoms with Gasteiger partial charge in [-0.05, 0) is 59.7 Å². The zero-order valence-electron chi connectivity index (χ0n) is 13.0. The number of benzene rings is 2. The Balaban J connectivity index is 1.63. The highest BCUT2D eigenvalue weighted by Crippen LogP contribution is 2.36. The van der Waals surface area contributed by atoms with E-state index in [-0.39, 0.29) is 4.90 Å². The Bertz CT molecular complexity index is 1010. The first-order valence-electron chi connectivity index (χ1n) is 7.70. The molecular weight excluding hydrogens is 362 g/mol. The highest BCUT2D eigenvalue weighted by atomic mass is 35.5. The molecular formula is C16H14ClN5O2S. The number of aromatic nitrogens is 4. The van der Waals surface area contributed by atoms with E-state index in [0.717, 1.165) is 18.4 Å². The Labute approximate surface area is 149 Å². The molecule has 1 aliphatic carbocycles. The van der Waals surface area contributed by atoms with Crippen molar-refractivity contribution in [1.82, 2.24) is 20.2 Å². The van der Waals surface area contributed by atoms with Crippen molar-refractivity contribution in [2.45, 2.75) is 23.8 Å². The van der Waals surface area contributed by atoms with Crippen LogP contribution in [0.1, 0.15) is 18.9 Å². The fourth-order valence-corrected chi connectivity index (χ4v) is 3.67. The van der Waals surface area contributed by atoms with E-state index in [4.69, 9.17) is 11.6 Å². The van der Waals surface area contributed by atoms with Crippen molar-refractivity contribution in [2.24, 2.45) is 0 Å². The number of sulfonamides is 1. The topological polar surface area (TPSA) is 89.8 Å². The SMILES string of the molecule is O=S(=O)(Nc1cccc(-c2nnnn2C2CC2)c1)c1ccc(Cl)cc1.